The summed E-state index contributed by atoms with van der Waals surface area (Å²) < 4.78 is 0. The first kappa shape index (κ1) is 16.5. The smallest absolute Gasteiger partial charge is 0.317 e. The number of rotatable bonds is 4. The van der Waals surface area contributed by atoms with Gasteiger partial charge in [-0.25, -0.2) is 14.8 Å². The molecule has 0 radical (unpaired) electrons. The van der Waals surface area contributed by atoms with Crippen LogP contribution in [-0.4, -0.2) is 53.6 Å². The summed E-state index contributed by atoms with van der Waals surface area (Å²) in [5, 5.41) is 3.70. The van der Waals surface area contributed by atoms with E-state index >= 15 is 0 Å². The van der Waals surface area contributed by atoms with Crippen molar-refractivity contribution in [2.75, 3.05) is 37.6 Å². The molecule has 1 N–H and O–H groups in total. The van der Waals surface area contributed by atoms with Gasteiger partial charge in [-0.3, -0.25) is 0 Å². The highest BCUT2D eigenvalue weighted by Gasteiger charge is 2.21. The number of benzene rings is 1. The van der Waals surface area contributed by atoms with E-state index in [0.29, 0.717) is 19.6 Å². The number of anilines is 1. The van der Waals surface area contributed by atoms with Gasteiger partial charge in [0.1, 0.15) is 0 Å². The Hall–Kier alpha value is -2.34. The van der Waals surface area contributed by atoms with Gasteiger partial charge in [0.25, 0.3) is 0 Å². The Kier molecular flexibility index (Phi) is 5.48. The highest BCUT2D eigenvalue weighted by atomic mass is 35.5. The first-order chi connectivity index (χ1) is 11.7. The second-order valence-corrected chi connectivity index (χ2v) is 6.07. The Balaban J connectivity index is 1.41. The molecule has 126 valence electrons. The van der Waals surface area contributed by atoms with Crippen molar-refractivity contribution in [2.45, 2.75) is 6.42 Å². The van der Waals surface area contributed by atoms with Crippen molar-refractivity contribution in [1.29, 1.82) is 0 Å². The monoisotopic (exact) mass is 345 g/mol. The summed E-state index contributed by atoms with van der Waals surface area (Å²) in [6.45, 7) is 3.45. The lowest BCUT2D eigenvalue weighted by atomic mass is 10.1. The van der Waals surface area contributed by atoms with E-state index in [9.17, 15) is 4.79 Å². The molecule has 1 aliphatic rings. The van der Waals surface area contributed by atoms with E-state index in [1.54, 1.807) is 18.5 Å². The Morgan fingerprint density at radius 1 is 1.08 bits per heavy atom. The molecule has 1 aliphatic heterocycles. The lowest BCUT2D eigenvalue weighted by Gasteiger charge is -2.34. The van der Waals surface area contributed by atoms with Gasteiger partial charge in [0.05, 0.1) is 0 Å². The van der Waals surface area contributed by atoms with Crippen LogP contribution in [0.4, 0.5) is 10.7 Å². The van der Waals surface area contributed by atoms with E-state index in [1.165, 1.54) is 0 Å². The third-order valence-corrected chi connectivity index (χ3v) is 4.26. The molecule has 0 saturated carbocycles. The highest BCUT2D eigenvalue weighted by molar-refractivity contribution is 6.30. The number of nitrogens with zero attached hydrogens (tertiary/aromatic N) is 4. The van der Waals surface area contributed by atoms with Crippen LogP contribution in [0.25, 0.3) is 0 Å². The molecule has 1 saturated heterocycles. The van der Waals surface area contributed by atoms with Crippen LogP contribution in [-0.2, 0) is 6.42 Å². The molecule has 3 rings (SSSR count). The standard InChI is InChI=1S/C17H20ClN5O/c18-15-4-2-14(3-5-15)6-9-21-17(24)23-12-10-22(11-13-23)16-19-7-1-8-20-16/h1-5,7-8H,6,9-13H2,(H,21,24). The molecule has 0 bridgehead atoms. The molecule has 1 fully saturated rings. The number of piperazine rings is 1. The minimum absolute atomic E-state index is 0.0161. The summed E-state index contributed by atoms with van der Waals surface area (Å²) in [4.78, 5) is 24.7. The molecule has 2 amide bonds. The van der Waals surface area contributed by atoms with Crippen LogP contribution < -0.4 is 10.2 Å². The predicted molar refractivity (Wildman–Crippen MR) is 94.4 cm³/mol. The van der Waals surface area contributed by atoms with Gasteiger partial charge in [-0.05, 0) is 30.2 Å². The SMILES string of the molecule is O=C(NCCc1ccc(Cl)cc1)N1CCN(c2ncccn2)CC1. The van der Waals surface area contributed by atoms with Gasteiger partial charge in [-0.2, -0.15) is 0 Å². The molecule has 0 aliphatic carbocycles. The summed E-state index contributed by atoms with van der Waals surface area (Å²) in [6, 6.07) is 9.47. The minimum Gasteiger partial charge on any atom is -0.338 e. The molecule has 24 heavy (non-hydrogen) atoms. The third kappa shape index (κ3) is 4.35. The lowest BCUT2D eigenvalue weighted by Crippen LogP contribution is -2.52. The molecule has 0 spiro atoms. The second kappa shape index (κ2) is 7.97. The fourth-order valence-electron chi connectivity index (χ4n) is 2.64. The topological polar surface area (TPSA) is 61.4 Å². The number of nitrogens with one attached hydrogen (secondary N) is 1. The summed E-state index contributed by atoms with van der Waals surface area (Å²) >= 11 is 5.86. The van der Waals surface area contributed by atoms with Gasteiger partial charge in [0.2, 0.25) is 5.95 Å². The summed E-state index contributed by atoms with van der Waals surface area (Å²) in [6.07, 6.45) is 4.26. The number of carbonyl (C=O) groups is 1. The second-order valence-electron chi connectivity index (χ2n) is 5.63. The number of aromatic nitrogens is 2. The molecular weight excluding hydrogens is 326 g/mol. The summed E-state index contributed by atoms with van der Waals surface area (Å²) in [5.74, 6) is 0.722. The van der Waals surface area contributed by atoms with Gasteiger partial charge >= 0.3 is 6.03 Å². The number of urea groups is 1. The predicted octanol–water partition coefficient (Wildman–Crippen LogP) is 2.20. The van der Waals surface area contributed by atoms with Crippen molar-refractivity contribution in [3.8, 4) is 0 Å². The van der Waals surface area contributed by atoms with Crippen LogP contribution in [0.15, 0.2) is 42.7 Å². The lowest BCUT2D eigenvalue weighted by molar-refractivity contribution is 0.194. The van der Waals surface area contributed by atoms with Crippen LogP contribution in [0.3, 0.4) is 0 Å². The van der Waals surface area contributed by atoms with Crippen molar-refractivity contribution in [1.82, 2.24) is 20.2 Å². The minimum atomic E-state index is -0.0161. The maximum absolute atomic E-state index is 12.2. The zero-order chi connectivity index (χ0) is 16.8. The van der Waals surface area contributed by atoms with E-state index in [4.69, 9.17) is 11.6 Å². The quantitative estimate of drug-likeness (QED) is 0.922. The van der Waals surface area contributed by atoms with E-state index in [-0.39, 0.29) is 6.03 Å². The van der Waals surface area contributed by atoms with Crippen molar-refractivity contribution in [3.05, 3.63) is 53.3 Å². The van der Waals surface area contributed by atoms with Crippen LogP contribution in [0.2, 0.25) is 5.02 Å². The molecule has 6 nitrogen and oxygen atoms in total. The molecule has 1 aromatic carbocycles. The van der Waals surface area contributed by atoms with Gasteiger partial charge in [-0.15, -0.1) is 0 Å². The first-order valence-corrected chi connectivity index (χ1v) is 8.39. The van der Waals surface area contributed by atoms with Gasteiger partial charge in [-0.1, -0.05) is 23.7 Å². The van der Waals surface area contributed by atoms with E-state index in [1.807, 2.05) is 29.2 Å². The molecular formula is C17H20ClN5O. The van der Waals surface area contributed by atoms with Gasteiger partial charge in [0.15, 0.2) is 0 Å². The van der Waals surface area contributed by atoms with Crippen molar-refractivity contribution >= 4 is 23.6 Å². The van der Waals surface area contributed by atoms with E-state index in [0.717, 1.165) is 36.0 Å². The summed E-state index contributed by atoms with van der Waals surface area (Å²) in [5.41, 5.74) is 1.16. The molecule has 0 atom stereocenters. The molecule has 1 aromatic heterocycles. The zero-order valence-corrected chi connectivity index (χ0v) is 14.1. The molecule has 7 heteroatoms. The number of hydrogen-bond acceptors (Lipinski definition) is 4. The van der Waals surface area contributed by atoms with Crippen LogP contribution >= 0.6 is 11.6 Å². The first-order valence-electron chi connectivity index (χ1n) is 8.01. The summed E-state index contributed by atoms with van der Waals surface area (Å²) in [7, 11) is 0. The van der Waals surface area contributed by atoms with Crippen LogP contribution in [0, 0.1) is 0 Å². The Morgan fingerprint density at radius 2 is 1.75 bits per heavy atom. The maximum atomic E-state index is 12.2. The van der Waals surface area contributed by atoms with Crippen LogP contribution in [0.1, 0.15) is 5.56 Å². The zero-order valence-electron chi connectivity index (χ0n) is 13.4. The van der Waals surface area contributed by atoms with E-state index in [2.05, 4.69) is 20.2 Å². The fourth-order valence-corrected chi connectivity index (χ4v) is 2.77. The maximum Gasteiger partial charge on any atom is 0.317 e. The Morgan fingerprint density at radius 3 is 2.42 bits per heavy atom. The van der Waals surface area contributed by atoms with Crippen molar-refractivity contribution in [3.63, 3.8) is 0 Å². The van der Waals surface area contributed by atoms with E-state index < -0.39 is 0 Å². The third-order valence-electron chi connectivity index (χ3n) is 4.01. The molecule has 0 unspecified atom stereocenters. The molecule has 2 heterocycles. The van der Waals surface area contributed by atoms with Gasteiger partial charge in [0, 0.05) is 50.1 Å². The van der Waals surface area contributed by atoms with Crippen molar-refractivity contribution in [2.24, 2.45) is 0 Å². The highest BCUT2D eigenvalue weighted by Crippen LogP contribution is 2.11. The Bertz CT molecular complexity index is 656. The van der Waals surface area contributed by atoms with Gasteiger partial charge < -0.3 is 15.1 Å². The average molecular weight is 346 g/mol. The number of amides is 2. The number of hydrogen-bond donors (Lipinski definition) is 1. The normalized spacial score (nSPS) is 14.5. The molecule has 2 aromatic rings. The average Bonchev–Trinajstić information content (AvgIpc) is 2.64. The number of carbonyl (C=O) groups excluding carboxylic acids is 1. The largest absolute Gasteiger partial charge is 0.338 e. The number of halogens is 1. The Labute approximate surface area is 146 Å². The van der Waals surface area contributed by atoms with Crippen LogP contribution in [0.5, 0.6) is 0 Å². The van der Waals surface area contributed by atoms with Crippen molar-refractivity contribution < 1.29 is 4.79 Å². The fraction of sp³-hybridized carbons (Fsp3) is 0.353.